The van der Waals surface area contributed by atoms with E-state index in [1.165, 1.54) is 4.90 Å². The van der Waals surface area contributed by atoms with Gasteiger partial charge >= 0.3 is 12.3 Å². The molecule has 0 bridgehead atoms. The van der Waals surface area contributed by atoms with Gasteiger partial charge in [-0.25, -0.2) is 4.79 Å². The lowest BCUT2D eigenvalue weighted by atomic mass is 9.64. The lowest BCUT2D eigenvalue weighted by molar-refractivity contribution is -0.199. The van der Waals surface area contributed by atoms with E-state index in [4.69, 9.17) is 18.9 Å². The highest BCUT2D eigenvalue weighted by molar-refractivity contribution is 5.68. The Balaban J connectivity index is 1.41. The van der Waals surface area contributed by atoms with Crippen molar-refractivity contribution >= 4 is 6.09 Å². The summed E-state index contributed by atoms with van der Waals surface area (Å²) in [6.45, 7) is 3.87. The molecule has 5 rings (SSSR count). The molecule has 0 radical (unpaired) electrons. The number of ether oxygens (including phenoxy) is 5. The molecule has 35 heavy (non-hydrogen) atoms. The van der Waals surface area contributed by atoms with E-state index in [0.29, 0.717) is 48.9 Å². The van der Waals surface area contributed by atoms with E-state index >= 15 is 0 Å². The summed E-state index contributed by atoms with van der Waals surface area (Å²) in [6, 6.07) is 11.7. The Morgan fingerprint density at radius 1 is 0.914 bits per heavy atom. The van der Waals surface area contributed by atoms with Gasteiger partial charge in [0.15, 0.2) is 29.1 Å². The van der Waals surface area contributed by atoms with Gasteiger partial charge in [-0.2, -0.15) is 13.2 Å². The van der Waals surface area contributed by atoms with Gasteiger partial charge in [0, 0.05) is 18.5 Å². The Morgan fingerprint density at radius 3 is 1.89 bits per heavy atom. The van der Waals surface area contributed by atoms with Crippen LogP contribution in [0.1, 0.15) is 37.8 Å². The maximum Gasteiger partial charge on any atom is 0.425 e. The van der Waals surface area contributed by atoms with Crippen LogP contribution in [0, 0.1) is 5.92 Å². The summed E-state index contributed by atoms with van der Waals surface area (Å²) < 4.78 is 65.3. The van der Waals surface area contributed by atoms with Gasteiger partial charge in [0.2, 0.25) is 13.6 Å². The van der Waals surface area contributed by atoms with Crippen molar-refractivity contribution < 1.29 is 41.7 Å². The number of benzene rings is 2. The maximum absolute atomic E-state index is 12.8. The fourth-order valence-corrected chi connectivity index (χ4v) is 5.01. The third-order valence-electron chi connectivity index (χ3n) is 7.25. The second-order valence-corrected chi connectivity index (χ2v) is 9.17. The van der Waals surface area contributed by atoms with E-state index in [9.17, 15) is 18.0 Å². The predicted octanol–water partition coefficient (Wildman–Crippen LogP) is 5.25. The second kappa shape index (κ2) is 8.73. The molecule has 1 saturated heterocycles. The topological polar surface area (TPSA) is 66.5 Å². The van der Waals surface area contributed by atoms with E-state index < -0.39 is 23.8 Å². The molecule has 2 aromatic rings. The van der Waals surface area contributed by atoms with Crippen LogP contribution in [0.25, 0.3) is 0 Å². The third kappa shape index (κ3) is 4.30. The van der Waals surface area contributed by atoms with Crippen LogP contribution in [0.5, 0.6) is 23.0 Å². The number of halogens is 3. The van der Waals surface area contributed by atoms with Gasteiger partial charge in [-0.15, -0.1) is 0 Å². The van der Waals surface area contributed by atoms with Crippen LogP contribution >= 0.6 is 0 Å². The Morgan fingerprint density at radius 2 is 1.40 bits per heavy atom. The zero-order valence-electron chi connectivity index (χ0n) is 19.4. The number of carbonyl (C=O) groups excluding carboxylic acids is 1. The smallest absolute Gasteiger partial charge is 0.425 e. The van der Waals surface area contributed by atoms with Crippen LogP contribution in [0.3, 0.4) is 0 Å². The minimum atomic E-state index is -4.59. The van der Waals surface area contributed by atoms with Crippen LogP contribution in [0.15, 0.2) is 36.4 Å². The molecule has 10 heteroatoms. The molecule has 2 aromatic carbocycles. The highest BCUT2D eigenvalue weighted by atomic mass is 19.4. The Bertz CT molecular complexity index is 1060. The summed E-state index contributed by atoms with van der Waals surface area (Å²) >= 11 is 0. The molecule has 0 spiro atoms. The molecule has 3 aliphatic heterocycles. The van der Waals surface area contributed by atoms with Gasteiger partial charge in [-0.05, 0) is 61.1 Å². The fraction of sp³-hybridized carbons (Fsp3) is 0.480. The molecule has 1 amide bonds. The minimum absolute atomic E-state index is 0.0762. The number of piperidine rings is 1. The van der Waals surface area contributed by atoms with Crippen molar-refractivity contribution in [3.63, 3.8) is 0 Å². The number of rotatable bonds is 4. The first-order chi connectivity index (χ1) is 16.7. The van der Waals surface area contributed by atoms with Crippen LogP contribution in [0.2, 0.25) is 0 Å². The monoisotopic (exact) mass is 493 g/mol. The number of nitrogens with zero attached hydrogens (tertiary/aromatic N) is 1. The van der Waals surface area contributed by atoms with Crippen LogP contribution in [0.4, 0.5) is 18.0 Å². The zero-order chi connectivity index (χ0) is 24.8. The summed E-state index contributed by atoms with van der Waals surface area (Å²) in [5, 5.41) is 0. The largest absolute Gasteiger partial charge is 0.454 e. The average Bonchev–Trinajstić information content (AvgIpc) is 3.51. The number of fused-ring (bicyclic) bond motifs is 2. The SMILES string of the molecule is CC(OC(=O)N1CCC(C(C)(c2ccc3c(c2)OCO3)c2ccc3c(c2)OCO3)CC1)C(F)(F)F. The van der Waals surface area contributed by atoms with Gasteiger partial charge in [0.1, 0.15) is 0 Å². The van der Waals surface area contributed by atoms with E-state index in [1.807, 2.05) is 36.4 Å². The lowest BCUT2D eigenvalue weighted by Crippen LogP contribution is -2.46. The number of hydrogen-bond acceptors (Lipinski definition) is 6. The van der Waals surface area contributed by atoms with Gasteiger partial charge in [0.05, 0.1) is 0 Å². The molecule has 0 aromatic heterocycles. The number of amides is 1. The summed E-state index contributed by atoms with van der Waals surface area (Å²) in [6.07, 6.45) is -6.53. The van der Waals surface area contributed by atoms with Crippen LogP contribution in [-0.2, 0) is 10.2 Å². The lowest BCUT2D eigenvalue weighted by Gasteiger charge is -2.43. The quantitative estimate of drug-likeness (QED) is 0.580. The Labute approximate surface area is 200 Å². The Kier molecular flexibility index (Phi) is 5.85. The van der Waals surface area contributed by atoms with Crippen molar-refractivity contribution in [3.05, 3.63) is 47.5 Å². The standard InChI is InChI=1S/C25H26F3NO6/c1-15(25(26,27)28)35-23(30)29-9-7-16(8-10-29)24(2,17-3-5-19-21(11-17)33-13-31-19)18-4-6-20-22(12-18)34-14-32-20/h3-6,11-12,15-16H,7-10,13-14H2,1-2H3. The molecule has 7 nitrogen and oxygen atoms in total. The highest BCUT2D eigenvalue weighted by Gasteiger charge is 2.43. The van der Waals surface area contributed by atoms with Gasteiger partial charge in [0.25, 0.3) is 0 Å². The number of likely N-dealkylation sites (tertiary alicyclic amines) is 1. The van der Waals surface area contributed by atoms with Crippen molar-refractivity contribution in [2.24, 2.45) is 5.92 Å². The van der Waals surface area contributed by atoms with Crippen molar-refractivity contribution in [1.82, 2.24) is 4.90 Å². The number of alkyl halides is 3. The van der Waals surface area contributed by atoms with E-state index in [2.05, 4.69) is 11.7 Å². The fourth-order valence-electron chi connectivity index (χ4n) is 5.01. The second-order valence-electron chi connectivity index (χ2n) is 9.17. The van der Waals surface area contributed by atoms with E-state index in [-0.39, 0.29) is 19.5 Å². The molecular weight excluding hydrogens is 467 g/mol. The summed E-state index contributed by atoms with van der Waals surface area (Å²) in [5.74, 6) is 2.76. The first-order valence-electron chi connectivity index (χ1n) is 11.5. The minimum Gasteiger partial charge on any atom is -0.454 e. The normalized spacial score (nSPS) is 18.5. The van der Waals surface area contributed by atoms with E-state index in [0.717, 1.165) is 18.1 Å². The summed E-state index contributed by atoms with van der Waals surface area (Å²) in [4.78, 5) is 13.7. The molecule has 0 saturated carbocycles. The molecule has 3 heterocycles. The zero-order valence-corrected chi connectivity index (χ0v) is 19.4. The van der Waals surface area contributed by atoms with Crippen molar-refractivity contribution in [2.75, 3.05) is 26.7 Å². The molecule has 0 N–H and O–H groups in total. The molecular formula is C25H26F3NO6. The van der Waals surface area contributed by atoms with Crippen molar-refractivity contribution in [1.29, 1.82) is 0 Å². The van der Waals surface area contributed by atoms with Gasteiger partial charge in [-0.3, -0.25) is 0 Å². The van der Waals surface area contributed by atoms with Crippen LogP contribution in [-0.4, -0.2) is 49.9 Å². The first-order valence-corrected chi connectivity index (χ1v) is 11.5. The number of hydrogen-bond donors (Lipinski definition) is 0. The van der Waals surface area contributed by atoms with Gasteiger partial charge < -0.3 is 28.6 Å². The average molecular weight is 493 g/mol. The maximum atomic E-state index is 12.8. The van der Waals surface area contributed by atoms with Crippen molar-refractivity contribution in [2.45, 2.75) is 44.4 Å². The molecule has 1 atom stereocenters. The molecule has 1 fully saturated rings. The highest BCUT2D eigenvalue weighted by Crippen LogP contribution is 2.48. The molecule has 0 aliphatic carbocycles. The van der Waals surface area contributed by atoms with Crippen LogP contribution < -0.4 is 18.9 Å². The van der Waals surface area contributed by atoms with Gasteiger partial charge in [-0.1, -0.05) is 19.1 Å². The number of carbonyl (C=O) groups is 1. The summed E-state index contributed by atoms with van der Waals surface area (Å²) in [5.41, 5.74) is 1.51. The molecule has 188 valence electrons. The summed E-state index contributed by atoms with van der Waals surface area (Å²) in [7, 11) is 0. The van der Waals surface area contributed by atoms with E-state index in [1.54, 1.807) is 0 Å². The van der Waals surface area contributed by atoms with Crippen molar-refractivity contribution in [3.8, 4) is 23.0 Å². The predicted molar refractivity (Wildman–Crippen MR) is 118 cm³/mol. The molecule has 1 unspecified atom stereocenters. The molecule has 3 aliphatic rings. The Hall–Kier alpha value is -3.30. The first kappa shape index (κ1) is 23.4. The third-order valence-corrected chi connectivity index (χ3v) is 7.25.